The fraction of sp³-hybridized carbons (Fsp3) is 0.143. The Kier molecular flexibility index (Phi) is 5.17. The number of nitrogens with zero attached hydrogens (tertiary/aromatic N) is 2. The molecule has 0 spiro atoms. The summed E-state index contributed by atoms with van der Waals surface area (Å²) in [6.45, 7) is 7.99. The lowest BCUT2D eigenvalue weighted by Crippen LogP contribution is -2.21. The van der Waals surface area contributed by atoms with Crippen LogP contribution < -0.4 is 10.1 Å². The van der Waals surface area contributed by atoms with Gasteiger partial charge >= 0.3 is 0 Å². The Labute approximate surface area is 153 Å². The molecule has 0 saturated heterocycles. The van der Waals surface area contributed by atoms with Gasteiger partial charge in [0.25, 0.3) is 5.91 Å². The van der Waals surface area contributed by atoms with E-state index < -0.39 is 0 Å². The molecule has 1 amide bonds. The highest BCUT2D eigenvalue weighted by atomic mass is 16.5. The van der Waals surface area contributed by atoms with Gasteiger partial charge in [0.05, 0.1) is 12.0 Å². The van der Waals surface area contributed by atoms with Crippen LogP contribution in [-0.2, 0) is 4.79 Å². The lowest BCUT2D eigenvalue weighted by molar-refractivity contribution is -0.118. The van der Waals surface area contributed by atoms with E-state index >= 15 is 0 Å². The van der Waals surface area contributed by atoms with Crippen LogP contribution in [0.2, 0.25) is 0 Å². The number of hydrogen-bond acceptors (Lipinski definition) is 3. The van der Waals surface area contributed by atoms with Gasteiger partial charge in [0.1, 0.15) is 5.75 Å². The number of ether oxygens (including phenoxy) is 1. The molecule has 0 saturated carbocycles. The van der Waals surface area contributed by atoms with Crippen molar-refractivity contribution in [1.29, 1.82) is 0 Å². The van der Waals surface area contributed by atoms with E-state index in [1.807, 2.05) is 62.5 Å². The maximum absolute atomic E-state index is 12.3. The summed E-state index contributed by atoms with van der Waals surface area (Å²) in [5.41, 5.74) is 4.51. The number of aromatic nitrogens is 2. The second-order valence-corrected chi connectivity index (χ2v) is 6.07. The van der Waals surface area contributed by atoms with E-state index in [0.29, 0.717) is 5.75 Å². The van der Waals surface area contributed by atoms with E-state index in [0.717, 1.165) is 28.1 Å². The number of benzene rings is 2. The molecule has 3 aromatic rings. The Morgan fingerprint density at radius 2 is 2.04 bits per heavy atom. The normalized spacial score (nSPS) is 10.4. The van der Waals surface area contributed by atoms with Gasteiger partial charge in [-0.05, 0) is 37.6 Å². The Hall–Kier alpha value is -3.34. The van der Waals surface area contributed by atoms with Gasteiger partial charge in [-0.2, -0.15) is 0 Å². The third-order valence-corrected chi connectivity index (χ3v) is 4.03. The first-order valence-corrected chi connectivity index (χ1v) is 8.31. The van der Waals surface area contributed by atoms with Crippen molar-refractivity contribution in [2.75, 3.05) is 11.9 Å². The molecule has 3 rings (SSSR count). The first-order chi connectivity index (χ1) is 12.5. The van der Waals surface area contributed by atoms with Crippen LogP contribution in [-0.4, -0.2) is 22.1 Å². The smallest absolute Gasteiger partial charge is 0.262 e. The number of carbonyl (C=O) groups excluding carboxylic acids is 1. The number of rotatable bonds is 6. The van der Waals surface area contributed by atoms with Crippen molar-refractivity contribution in [2.24, 2.45) is 0 Å². The van der Waals surface area contributed by atoms with Crippen LogP contribution in [0, 0.1) is 13.8 Å². The average molecular weight is 347 g/mol. The van der Waals surface area contributed by atoms with Crippen molar-refractivity contribution in [3.05, 3.63) is 84.5 Å². The molecule has 1 aromatic heterocycles. The Morgan fingerprint density at radius 3 is 2.77 bits per heavy atom. The summed E-state index contributed by atoms with van der Waals surface area (Å²) in [4.78, 5) is 16.3. The highest BCUT2D eigenvalue weighted by molar-refractivity contribution is 5.92. The summed E-state index contributed by atoms with van der Waals surface area (Å²) in [6.07, 6.45) is 5.17. The van der Waals surface area contributed by atoms with Gasteiger partial charge in [-0.15, -0.1) is 0 Å². The molecule has 1 N–H and O–H groups in total. The van der Waals surface area contributed by atoms with E-state index in [4.69, 9.17) is 4.74 Å². The molecule has 0 aliphatic rings. The van der Waals surface area contributed by atoms with E-state index in [9.17, 15) is 4.79 Å². The van der Waals surface area contributed by atoms with Gasteiger partial charge in [-0.25, -0.2) is 4.98 Å². The summed E-state index contributed by atoms with van der Waals surface area (Å²) in [5, 5.41) is 2.88. The van der Waals surface area contributed by atoms with Gasteiger partial charge in [0, 0.05) is 23.6 Å². The summed E-state index contributed by atoms with van der Waals surface area (Å²) < 4.78 is 7.55. The minimum absolute atomic E-state index is 0.0818. The topological polar surface area (TPSA) is 56.1 Å². The molecule has 0 bridgehead atoms. The molecule has 1 heterocycles. The van der Waals surface area contributed by atoms with Crippen molar-refractivity contribution >= 4 is 17.3 Å². The van der Waals surface area contributed by atoms with E-state index in [2.05, 4.69) is 16.9 Å². The lowest BCUT2D eigenvalue weighted by Gasteiger charge is -2.14. The van der Waals surface area contributed by atoms with Crippen LogP contribution >= 0.6 is 0 Å². The largest absolute Gasteiger partial charge is 0.483 e. The minimum Gasteiger partial charge on any atom is -0.483 e. The molecule has 0 aliphatic heterocycles. The van der Waals surface area contributed by atoms with Gasteiger partial charge in [0.2, 0.25) is 0 Å². The van der Waals surface area contributed by atoms with Crippen molar-refractivity contribution in [1.82, 2.24) is 9.55 Å². The summed E-state index contributed by atoms with van der Waals surface area (Å²) in [6, 6.07) is 13.4. The van der Waals surface area contributed by atoms with Crippen molar-refractivity contribution in [3.63, 3.8) is 0 Å². The standard InChI is InChI=1S/C21H21N3O2/c1-15-8-9-19(16(2)12-15)23-21(25)13-26-20-7-5-4-6-18(20)17(3)24-11-10-22-14-24/h4-12,14H,3,13H2,1-2H3,(H,23,25). The van der Waals surface area contributed by atoms with E-state index in [-0.39, 0.29) is 12.5 Å². The van der Waals surface area contributed by atoms with Crippen molar-refractivity contribution < 1.29 is 9.53 Å². The zero-order valence-corrected chi connectivity index (χ0v) is 14.9. The minimum atomic E-state index is -0.208. The predicted molar refractivity (Wildman–Crippen MR) is 103 cm³/mol. The zero-order valence-electron chi connectivity index (χ0n) is 14.9. The molecule has 132 valence electrons. The maximum Gasteiger partial charge on any atom is 0.262 e. The molecular weight excluding hydrogens is 326 g/mol. The molecule has 2 aromatic carbocycles. The number of hydrogen-bond donors (Lipinski definition) is 1. The first-order valence-electron chi connectivity index (χ1n) is 8.31. The summed E-state index contributed by atoms with van der Waals surface area (Å²) >= 11 is 0. The first kappa shape index (κ1) is 17.5. The molecule has 0 fully saturated rings. The second-order valence-electron chi connectivity index (χ2n) is 6.07. The Balaban J connectivity index is 1.68. The van der Waals surface area contributed by atoms with Crippen LogP contribution in [0.1, 0.15) is 16.7 Å². The number of carbonyl (C=O) groups is 1. The third-order valence-electron chi connectivity index (χ3n) is 4.03. The zero-order chi connectivity index (χ0) is 18.5. The number of anilines is 1. The Morgan fingerprint density at radius 1 is 1.23 bits per heavy atom. The molecule has 5 heteroatoms. The number of amides is 1. The maximum atomic E-state index is 12.3. The fourth-order valence-electron chi connectivity index (χ4n) is 2.67. The highest BCUT2D eigenvalue weighted by Gasteiger charge is 2.11. The van der Waals surface area contributed by atoms with Crippen molar-refractivity contribution in [2.45, 2.75) is 13.8 Å². The fourth-order valence-corrected chi connectivity index (χ4v) is 2.67. The SMILES string of the molecule is C=C(c1ccccc1OCC(=O)Nc1ccc(C)cc1C)n1ccnc1. The third kappa shape index (κ3) is 4.00. The van der Waals surface area contributed by atoms with Crippen LogP contribution in [0.5, 0.6) is 5.75 Å². The summed E-state index contributed by atoms with van der Waals surface area (Å²) in [5.74, 6) is 0.391. The number of aryl methyl sites for hydroxylation is 2. The summed E-state index contributed by atoms with van der Waals surface area (Å²) in [7, 11) is 0. The molecule has 0 unspecified atom stereocenters. The molecular formula is C21H21N3O2. The van der Waals surface area contributed by atoms with Gasteiger partial charge in [0.15, 0.2) is 6.61 Å². The molecule has 0 atom stereocenters. The van der Waals surface area contributed by atoms with Crippen molar-refractivity contribution in [3.8, 4) is 5.75 Å². The molecule has 26 heavy (non-hydrogen) atoms. The molecule has 0 aliphatic carbocycles. The predicted octanol–water partition coefficient (Wildman–Crippen LogP) is 4.04. The second kappa shape index (κ2) is 7.70. The van der Waals surface area contributed by atoms with Crippen LogP contribution in [0.3, 0.4) is 0 Å². The van der Waals surface area contributed by atoms with E-state index in [1.165, 1.54) is 0 Å². The number of para-hydroxylation sites is 1. The monoisotopic (exact) mass is 347 g/mol. The van der Waals surface area contributed by atoms with Crippen LogP contribution in [0.25, 0.3) is 5.70 Å². The lowest BCUT2D eigenvalue weighted by atomic mass is 10.1. The number of imidazole rings is 1. The highest BCUT2D eigenvalue weighted by Crippen LogP contribution is 2.26. The van der Waals surface area contributed by atoms with E-state index in [1.54, 1.807) is 17.1 Å². The van der Waals surface area contributed by atoms with Crippen LogP contribution in [0.4, 0.5) is 5.69 Å². The molecule has 5 nitrogen and oxygen atoms in total. The molecule has 0 radical (unpaired) electrons. The van der Waals surface area contributed by atoms with Crippen LogP contribution in [0.15, 0.2) is 67.8 Å². The van der Waals surface area contributed by atoms with Gasteiger partial charge in [-0.3, -0.25) is 4.79 Å². The Bertz CT molecular complexity index is 930. The number of nitrogens with one attached hydrogen (secondary N) is 1. The van der Waals surface area contributed by atoms with Gasteiger partial charge in [-0.1, -0.05) is 36.4 Å². The quantitative estimate of drug-likeness (QED) is 0.732. The average Bonchev–Trinajstić information content (AvgIpc) is 3.17. The van der Waals surface area contributed by atoms with Gasteiger partial charge < -0.3 is 14.6 Å².